The molecular weight excluding hydrogens is 230 g/mol. The zero-order valence-electron chi connectivity index (χ0n) is 10.8. The first kappa shape index (κ1) is 12.4. The summed E-state index contributed by atoms with van der Waals surface area (Å²) in [5.41, 5.74) is 7.53. The molecule has 5 nitrogen and oxygen atoms in total. The van der Waals surface area contributed by atoms with Gasteiger partial charge in [-0.15, -0.1) is 0 Å². The van der Waals surface area contributed by atoms with Crippen LogP contribution in [-0.4, -0.2) is 16.9 Å². The molecule has 2 N–H and O–H groups in total. The van der Waals surface area contributed by atoms with Gasteiger partial charge in [-0.25, -0.2) is 4.68 Å². The van der Waals surface area contributed by atoms with Crippen molar-refractivity contribution in [2.45, 2.75) is 13.5 Å². The molecule has 0 aliphatic carbocycles. The van der Waals surface area contributed by atoms with Crippen LogP contribution in [0.4, 0.5) is 0 Å². The molecule has 1 aromatic heterocycles. The summed E-state index contributed by atoms with van der Waals surface area (Å²) in [5.74, 6) is 2.20. The lowest BCUT2D eigenvalue weighted by Crippen LogP contribution is -2.01. The van der Waals surface area contributed by atoms with E-state index in [0.717, 1.165) is 22.8 Å². The molecule has 0 saturated heterocycles. The van der Waals surface area contributed by atoms with E-state index < -0.39 is 0 Å². The lowest BCUT2D eigenvalue weighted by molar-refractivity contribution is 0.408. The van der Waals surface area contributed by atoms with Crippen molar-refractivity contribution in [1.29, 1.82) is 0 Å². The standard InChI is InChI=1S/C13H17N3O2/c1-9-12(8-14)13(16(2)15-9)18-11-6-4-10(17-3)5-7-11/h4-7H,8,14H2,1-3H3. The fourth-order valence-corrected chi connectivity index (χ4v) is 1.80. The van der Waals surface area contributed by atoms with Gasteiger partial charge < -0.3 is 15.2 Å². The van der Waals surface area contributed by atoms with Crippen LogP contribution in [0.15, 0.2) is 24.3 Å². The van der Waals surface area contributed by atoms with E-state index in [1.807, 2.05) is 38.2 Å². The lowest BCUT2D eigenvalue weighted by atomic mass is 10.2. The molecular formula is C13H17N3O2. The first-order valence-electron chi connectivity index (χ1n) is 5.70. The number of methoxy groups -OCH3 is 1. The fraction of sp³-hybridized carbons (Fsp3) is 0.308. The second kappa shape index (κ2) is 5.10. The maximum absolute atomic E-state index is 5.82. The largest absolute Gasteiger partial charge is 0.497 e. The van der Waals surface area contributed by atoms with E-state index in [9.17, 15) is 0 Å². The van der Waals surface area contributed by atoms with Gasteiger partial charge in [-0.3, -0.25) is 0 Å². The molecule has 5 heteroatoms. The Labute approximate surface area is 106 Å². The number of rotatable bonds is 4. The van der Waals surface area contributed by atoms with Crippen molar-refractivity contribution in [3.05, 3.63) is 35.5 Å². The second-order valence-electron chi connectivity index (χ2n) is 3.97. The van der Waals surface area contributed by atoms with Crippen LogP contribution in [0.1, 0.15) is 11.3 Å². The minimum Gasteiger partial charge on any atom is -0.497 e. The van der Waals surface area contributed by atoms with Crippen molar-refractivity contribution in [2.75, 3.05) is 7.11 Å². The predicted molar refractivity (Wildman–Crippen MR) is 68.9 cm³/mol. The Morgan fingerprint density at radius 1 is 1.22 bits per heavy atom. The average molecular weight is 247 g/mol. The molecule has 0 fully saturated rings. The van der Waals surface area contributed by atoms with Crippen LogP contribution in [0.2, 0.25) is 0 Å². The van der Waals surface area contributed by atoms with E-state index in [1.54, 1.807) is 11.8 Å². The number of nitrogens with two attached hydrogens (primary N) is 1. The Hall–Kier alpha value is -2.01. The van der Waals surface area contributed by atoms with Gasteiger partial charge in [0.2, 0.25) is 5.88 Å². The highest BCUT2D eigenvalue weighted by molar-refractivity contribution is 5.37. The average Bonchev–Trinajstić information content (AvgIpc) is 2.64. The zero-order chi connectivity index (χ0) is 13.1. The summed E-state index contributed by atoms with van der Waals surface area (Å²) in [5, 5.41) is 4.30. The monoisotopic (exact) mass is 247 g/mol. The summed E-state index contributed by atoms with van der Waals surface area (Å²) < 4.78 is 12.6. The van der Waals surface area contributed by atoms with Gasteiger partial charge >= 0.3 is 0 Å². The van der Waals surface area contributed by atoms with E-state index in [1.165, 1.54) is 0 Å². The normalized spacial score (nSPS) is 10.4. The van der Waals surface area contributed by atoms with Crippen molar-refractivity contribution in [3.63, 3.8) is 0 Å². The quantitative estimate of drug-likeness (QED) is 0.897. The van der Waals surface area contributed by atoms with Gasteiger partial charge in [0.1, 0.15) is 11.5 Å². The van der Waals surface area contributed by atoms with Crippen LogP contribution in [-0.2, 0) is 13.6 Å². The van der Waals surface area contributed by atoms with Gasteiger partial charge in [0.25, 0.3) is 0 Å². The molecule has 0 aliphatic heterocycles. The topological polar surface area (TPSA) is 62.3 Å². The molecule has 0 aliphatic rings. The van der Waals surface area contributed by atoms with Gasteiger partial charge in [-0.2, -0.15) is 5.10 Å². The molecule has 1 heterocycles. The minimum absolute atomic E-state index is 0.408. The summed E-state index contributed by atoms with van der Waals surface area (Å²) in [7, 11) is 3.47. The first-order valence-corrected chi connectivity index (χ1v) is 5.70. The van der Waals surface area contributed by atoms with Crippen LogP contribution >= 0.6 is 0 Å². The van der Waals surface area contributed by atoms with Crippen molar-refractivity contribution >= 4 is 0 Å². The number of nitrogens with zero attached hydrogens (tertiary/aromatic N) is 2. The van der Waals surface area contributed by atoms with Gasteiger partial charge in [0.15, 0.2) is 0 Å². The maximum Gasteiger partial charge on any atom is 0.222 e. The van der Waals surface area contributed by atoms with E-state index in [4.69, 9.17) is 15.2 Å². The number of ether oxygens (including phenoxy) is 2. The molecule has 0 atom stereocenters. The highest BCUT2D eigenvalue weighted by atomic mass is 16.5. The third kappa shape index (κ3) is 2.31. The molecule has 0 spiro atoms. The number of benzene rings is 1. The second-order valence-corrected chi connectivity index (χ2v) is 3.97. The van der Waals surface area contributed by atoms with E-state index in [0.29, 0.717) is 12.4 Å². The van der Waals surface area contributed by atoms with Crippen LogP contribution in [0, 0.1) is 6.92 Å². The van der Waals surface area contributed by atoms with E-state index >= 15 is 0 Å². The third-order valence-corrected chi connectivity index (χ3v) is 2.77. The molecule has 0 unspecified atom stereocenters. The number of hydrogen-bond donors (Lipinski definition) is 1. The zero-order valence-corrected chi connectivity index (χ0v) is 10.8. The van der Waals surface area contributed by atoms with Crippen LogP contribution in [0.3, 0.4) is 0 Å². The van der Waals surface area contributed by atoms with Crippen LogP contribution in [0.25, 0.3) is 0 Å². The summed E-state index contributed by atoms with van der Waals surface area (Å²) in [4.78, 5) is 0. The molecule has 18 heavy (non-hydrogen) atoms. The van der Waals surface area contributed by atoms with E-state index in [2.05, 4.69) is 5.10 Å². The maximum atomic E-state index is 5.82. The van der Waals surface area contributed by atoms with Crippen molar-refractivity contribution in [3.8, 4) is 17.4 Å². The Balaban J connectivity index is 2.27. The molecule has 2 aromatic rings. The highest BCUT2D eigenvalue weighted by Gasteiger charge is 2.13. The van der Waals surface area contributed by atoms with Gasteiger partial charge in [0.05, 0.1) is 18.4 Å². The third-order valence-electron chi connectivity index (χ3n) is 2.77. The molecule has 0 bridgehead atoms. The minimum atomic E-state index is 0.408. The summed E-state index contributed by atoms with van der Waals surface area (Å²) >= 11 is 0. The molecule has 2 rings (SSSR count). The first-order chi connectivity index (χ1) is 8.65. The smallest absolute Gasteiger partial charge is 0.222 e. The Morgan fingerprint density at radius 3 is 2.39 bits per heavy atom. The number of hydrogen-bond acceptors (Lipinski definition) is 4. The van der Waals surface area contributed by atoms with Crippen LogP contribution in [0.5, 0.6) is 17.4 Å². The predicted octanol–water partition coefficient (Wildman–Crippen LogP) is 1.99. The summed E-state index contributed by atoms with van der Waals surface area (Å²) in [6.07, 6.45) is 0. The molecule has 0 radical (unpaired) electrons. The molecule has 0 saturated carbocycles. The van der Waals surface area contributed by atoms with Gasteiger partial charge in [-0.05, 0) is 31.2 Å². The SMILES string of the molecule is COc1ccc(Oc2c(CN)c(C)nn2C)cc1. The van der Waals surface area contributed by atoms with Crippen molar-refractivity contribution in [1.82, 2.24) is 9.78 Å². The Kier molecular flexibility index (Phi) is 3.53. The summed E-state index contributed by atoms with van der Waals surface area (Å²) in [6, 6.07) is 7.39. The van der Waals surface area contributed by atoms with E-state index in [-0.39, 0.29) is 0 Å². The molecule has 1 aromatic carbocycles. The fourth-order valence-electron chi connectivity index (χ4n) is 1.80. The molecule has 96 valence electrons. The van der Waals surface area contributed by atoms with Crippen molar-refractivity contribution < 1.29 is 9.47 Å². The number of aryl methyl sites for hydroxylation is 2. The van der Waals surface area contributed by atoms with Gasteiger partial charge in [0, 0.05) is 13.6 Å². The lowest BCUT2D eigenvalue weighted by Gasteiger charge is -2.08. The van der Waals surface area contributed by atoms with Crippen LogP contribution < -0.4 is 15.2 Å². The Bertz CT molecular complexity index is 532. The molecule has 0 amide bonds. The number of aromatic nitrogens is 2. The Morgan fingerprint density at radius 2 is 1.83 bits per heavy atom. The highest BCUT2D eigenvalue weighted by Crippen LogP contribution is 2.27. The summed E-state index contributed by atoms with van der Waals surface area (Å²) in [6.45, 7) is 2.33. The van der Waals surface area contributed by atoms with Crippen molar-refractivity contribution in [2.24, 2.45) is 12.8 Å². The van der Waals surface area contributed by atoms with Gasteiger partial charge in [-0.1, -0.05) is 0 Å².